The van der Waals surface area contributed by atoms with Crippen LogP contribution >= 0.6 is 12.2 Å². The van der Waals surface area contributed by atoms with Gasteiger partial charge in [-0.15, -0.1) is 0 Å². The first kappa shape index (κ1) is 16.2. The summed E-state index contributed by atoms with van der Waals surface area (Å²) < 4.78 is 5.40. The highest BCUT2D eigenvalue weighted by Crippen LogP contribution is 2.22. The monoisotopic (exact) mass is 307 g/mol. The third kappa shape index (κ3) is 3.93. The second kappa shape index (κ2) is 7.20. The standard InChI is InChI=1S/C16H25N3OS/c1-4-19-8-7-18(10-12(19)2)11-13-5-6-14(16(17)21)15(9-13)20-3/h5-6,9,12H,4,7-8,10-11H2,1-3H3,(H2,17,21). The number of benzene rings is 1. The molecule has 0 bridgehead atoms. The van der Waals surface area contributed by atoms with Crippen molar-refractivity contribution in [3.05, 3.63) is 29.3 Å². The van der Waals surface area contributed by atoms with Crippen LogP contribution in [-0.4, -0.2) is 54.1 Å². The van der Waals surface area contributed by atoms with Crippen LogP contribution in [0.25, 0.3) is 0 Å². The van der Waals surface area contributed by atoms with Gasteiger partial charge in [0, 0.05) is 32.2 Å². The summed E-state index contributed by atoms with van der Waals surface area (Å²) in [6.45, 7) is 9.95. The quantitative estimate of drug-likeness (QED) is 0.841. The summed E-state index contributed by atoms with van der Waals surface area (Å²) in [5, 5.41) is 0. The van der Waals surface area contributed by atoms with Crippen molar-refractivity contribution in [2.24, 2.45) is 5.73 Å². The van der Waals surface area contributed by atoms with Crippen molar-refractivity contribution in [1.29, 1.82) is 0 Å². The number of methoxy groups -OCH3 is 1. The highest BCUT2D eigenvalue weighted by molar-refractivity contribution is 7.80. The Bertz CT molecular complexity index is 506. The van der Waals surface area contributed by atoms with Crippen molar-refractivity contribution in [2.75, 3.05) is 33.3 Å². The minimum atomic E-state index is 0.378. The van der Waals surface area contributed by atoms with E-state index >= 15 is 0 Å². The van der Waals surface area contributed by atoms with Gasteiger partial charge in [-0.3, -0.25) is 9.80 Å². The van der Waals surface area contributed by atoms with E-state index in [4.69, 9.17) is 22.7 Å². The van der Waals surface area contributed by atoms with Crippen molar-refractivity contribution in [2.45, 2.75) is 26.4 Å². The molecular formula is C16H25N3OS. The fraction of sp³-hybridized carbons (Fsp3) is 0.562. The van der Waals surface area contributed by atoms with Crippen LogP contribution in [0.2, 0.25) is 0 Å². The smallest absolute Gasteiger partial charge is 0.129 e. The summed E-state index contributed by atoms with van der Waals surface area (Å²) in [5.74, 6) is 0.764. The van der Waals surface area contributed by atoms with Gasteiger partial charge in [-0.25, -0.2) is 0 Å². The number of likely N-dealkylation sites (N-methyl/N-ethyl adjacent to an activating group) is 1. The molecule has 1 aliphatic heterocycles. The molecule has 1 saturated heterocycles. The molecule has 116 valence electrons. The predicted molar refractivity (Wildman–Crippen MR) is 90.9 cm³/mol. The lowest BCUT2D eigenvalue weighted by molar-refractivity contribution is 0.0834. The largest absolute Gasteiger partial charge is 0.496 e. The maximum absolute atomic E-state index is 5.71. The van der Waals surface area contributed by atoms with Crippen LogP contribution in [-0.2, 0) is 6.54 Å². The third-order valence-corrected chi connectivity index (χ3v) is 4.41. The number of thiocarbonyl (C=S) groups is 1. The summed E-state index contributed by atoms with van der Waals surface area (Å²) in [7, 11) is 1.66. The van der Waals surface area contributed by atoms with Gasteiger partial charge in [0.15, 0.2) is 0 Å². The highest BCUT2D eigenvalue weighted by Gasteiger charge is 2.22. The summed E-state index contributed by atoms with van der Waals surface area (Å²) in [6.07, 6.45) is 0. The number of ether oxygens (including phenoxy) is 1. The zero-order chi connectivity index (χ0) is 15.4. The van der Waals surface area contributed by atoms with Crippen molar-refractivity contribution >= 4 is 17.2 Å². The highest BCUT2D eigenvalue weighted by atomic mass is 32.1. The molecular weight excluding hydrogens is 282 g/mol. The van der Waals surface area contributed by atoms with Gasteiger partial charge in [0.05, 0.1) is 12.7 Å². The Balaban J connectivity index is 2.05. The molecule has 0 aromatic heterocycles. The Morgan fingerprint density at radius 2 is 2.19 bits per heavy atom. The van der Waals surface area contributed by atoms with Crippen LogP contribution in [0.5, 0.6) is 5.75 Å². The van der Waals surface area contributed by atoms with Crippen molar-refractivity contribution < 1.29 is 4.74 Å². The maximum atomic E-state index is 5.71. The van der Waals surface area contributed by atoms with Gasteiger partial charge in [0.25, 0.3) is 0 Å². The lowest BCUT2D eigenvalue weighted by Crippen LogP contribution is -2.51. The summed E-state index contributed by atoms with van der Waals surface area (Å²) in [4.78, 5) is 5.39. The molecule has 1 aliphatic rings. The molecule has 5 heteroatoms. The average molecular weight is 307 g/mol. The summed E-state index contributed by atoms with van der Waals surface area (Å²) >= 11 is 5.04. The first-order chi connectivity index (χ1) is 10.0. The lowest BCUT2D eigenvalue weighted by Gasteiger charge is -2.39. The van der Waals surface area contributed by atoms with Crippen LogP contribution in [0, 0.1) is 0 Å². The van der Waals surface area contributed by atoms with Crippen LogP contribution in [0.1, 0.15) is 25.0 Å². The molecule has 1 fully saturated rings. The molecule has 1 aromatic carbocycles. The molecule has 1 aromatic rings. The molecule has 1 unspecified atom stereocenters. The Kier molecular flexibility index (Phi) is 5.56. The van der Waals surface area contributed by atoms with Gasteiger partial charge < -0.3 is 10.5 Å². The minimum absolute atomic E-state index is 0.378. The van der Waals surface area contributed by atoms with Crippen molar-refractivity contribution in [1.82, 2.24) is 9.80 Å². The second-order valence-electron chi connectivity index (χ2n) is 5.61. The molecule has 2 rings (SSSR count). The number of nitrogens with zero attached hydrogens (tertiary/aromatic N) is 2. The fourth-order valence-electron chi connectivity index (χ4n) is 2.98. The van der Waals surface area contributed by atoms with E-state index in [2.05, 4.69) is 29.7 Å². The second-order valence-corrected chi connectivity index (χ2v) is 6.05. The van der Waals surface area contributed by atoms with E-state index < -0.39 is 0 Å². The van der Waals surface area contributed by atoms with E-state index in [1.54, 1.807) is 7.11 Å². The molecule has 2 N–H and O–H groups in total. The Morgan fingerprint density at radius 1 is 1.43 bits per heavy atom. The Labute approximate surface area is 132 Å². The van der Waals surface area contributed by atoms with Gasteiger partial charge in [-0.05, 0) is 31.2 Å². The molecule has 0 spiro atoms. The molecule has 21 heavy (non-hydrogen) atoms. The molecule has 0 saturated carbocycles. The van der Waals surface area contributed by atoms with E-state index in [1.807, 2.05) is 12.1 Å². The molecule has 1 atom stereocenters. The zero-order valence-electron chi connectivity index (χ0n) is 13.1. The van der Waals surface area contributed by atoms with Crippen LogP contribution in [0.4, 0.5) is 0 Å². The molecule has 0 amide bonds. The molecule has 4 nitrogen and oxygen atoms in total. The predicted octanol–water partition coefficient (Wildman–Crippen LogP) is 1.86. The topological polar surface area (TPSA) is 41.7 Å². The average Bonchev–Trinajstić information content (AvgIpc) is 2.47. The minimum Gasteiger partial charge on any atom is -0.496 e. The first-order valence-corrected chi connectivity index (χ1v) is 7.89. The van der Waals surface area contributed by atoms with Crippen LogP contribution in [0.3, 0.4) is 0 Å². The Morgan fingerprint density at radius 3 is 2.76 bits per heavy atom. The van der Waals surface area contributed by atoms with Gasteiger partial charge in [-0.2, -0.15) is 0 Å². The van der Waals surface area contributed by atoms with Crippen LogP contribution in [0.15, 0.2) is 18.2 Å². The van der Waals surface area contributed by atoms with E-state index in [0.29, 0.717) is 11.0 Å². The third-order valence-electron chi connectivity index (χ3n) is 4.19. The first-order valence-electron chi connectivity index (χ1n) is 7.48. The number of rotatable bonds is 5. The normalized spacial score (nSPS) is 20.4. The van der Waals surface area contributed by atoms with E-state index in [1.165, 1.54) is 5.56 Å². The van der Waals surface area contributed by atoms with E-state index in [9.17, 15) is 0 Å². The molecule has 0 aliphatic carbocycles. The number of nitrogens with two attached hydrogens (primary N) is 1. The van der Waals surface area contributed by atoms with Crippen LogP contribution < -0.4 is 10.5 Å². The summed E-state index contributed by atoms with van der Waals surface area (Å²) in [6, 6.07) is 6.71. The number of piperazine rings is 1. The van der Waals surface area contributed by atoms with Gasteiger partial charge in [0.2, 0.25) is 0 Å². The molecule has 0 radical (unpaired) electrons. The molecule has 1 heterocycles. The van der Waals surface area contributed by atoms with Crippen molar-refractivity contribution in [3.63, 3.8) is 0 Å². The SMILES string of the molecule is CCN1CCN(Cc2ccc(C(N)=S)c(OC)c2)CC1C. The van der Waals surface area contributed by atoms with E-state index in [0.717, 1.165) is 44.0 Å². The van der Waals surface area contributed by atoms with Gasteiger partial charge in [-0.1, -0.05) is 25.2 Å². The van der Waals surface area contributed by atoms with Crippen molar-refractivity contribution in [3.8, 4) is 5.75 Å². The lowest BCUT2D eigenvalue weighted by atomic mass is 10.1. The maximum Gasteiger partial charge on any atom is 0.129 e. The fourth-order valence-corrected chi connectivity index (χ4v) is 3.15. The number of hydrogen-bond acceptors (Lipinski definition) is 4. The van der Waals surface area contributed by atoms with Gasteiger partial charge >= 0.3 is 0 Å². The Hall–Kier alpha value is -1.17. The van der Waals surface area contributed by atoms with E-state index in [-0.39, 0.29) is 0 Å². The van der Waals surface area contributed by atoms with Gasteiger partial charge in [0.1, 0.15) is 10.7 Å². The number of hydrogen-bond donors (Lipinski definition) is 1. The zero-order valence-corrected chi connectivity index (χ0v) is 13.9. The summed E-state index contributed by atoms with van der Waals surface area (Å²) in [5.41, 5.74) is 7.75.